The van der Waals surface area contributed by atoms with Crippen LogP contribution in [0.5, 0.6) is 23.0 Å². The summed E-state index contributed by atoms with van der Waals surface area (Å²) < 4.78 is 16.7. The number of phenolic OH excluding ortho intramolecular Hbond substituents is 1. The van der Waals surface area contributed by atoms with Crippen LogP contribution in [-0.4, -0.2) is 38.1 Å². The fraction of sp³-hybridized carbons (Fsp3) is 0.263. The summed E-state index contributed by atoms with van der Waals surface area (Å²) in [6.45, 7) is 3.66. The third-order valence-electron chi connectivity index (χ3n) is 3.68. The highest BCUT2D eigenvalue weighted by Gasteiger charge is 2.11. The Bertz CT molecular complexity index is 819. The van der Waals surface area contributed by atoms with E-state index in [-0.39, 0.29) is 23.9 Å². The minimum absolute atomic E-state index is 0.102. The standard InChI is InChI=1S/C19H21BrN2O5/c1-11-5-14(20)6-12(2)19(11)27-10-17(23)22-21-9-13-7-15(25-3)18(24)16(8-13)26-4/h5-9,24H,10H2,1-4H3,(H,22,23)/b21-9+. The van der Waals surface area contributed by atoms with E-state index in [0.717, 1.165) is 15.6 Å². The maximum absolute atomic E-state index is 11.9. The van der Waals surface area contributed by atoms with Crippen molar-refractivity contribution in [1.29, 1.82) is 0 Å². The molecule has 0 heterocycles. The third-order valence-corrected chi connectivity index (χ3v) is 4.14. The molecule has 0 aliphatic heterocycles. The molecule has 2 N–H and O–H groups in total. The lowest BCUT2D eigenvalue weighted by Gasteiger charge is -2.12. The molecule has 0 radical (unpaired) electrons. The largest absolute Gasteiger partial charge is 0.502 e. The molecule has 2 aromatic carbocycles. The van der Waals surface area contributed by atoms with Gasteiger partial charge in [0, 0.05) is 10.0 Å². The molecule has 0 saturated heterocycles. The van der Waals surface area contributed by atoms with Crippen molar-refractivity contribution in [3.8, 4) is 23.0 Å². The van der Waals surface area contributed by atoms with Crippen molar-refractivity contribution in [2.75, 3.05) is 20.8 Å². The molecule has 144 valence electrons. The third kappa shape index (κ3) is 5.37. The molecule has 0 bridgehead atoms. The smallest absolute Gasteiger partial charge is 0.277 e. The number of ether oxygens (including phenoxy) is 3. The summed E-state index contributed by atoms with van der Waals surface area (Å²) in [6, 6.07) is 6.98. The number of hydrogen-bond acceptors (Lipinski definition) is 6. The Hall–Kier alpha value is -2.74. The Balaban J connectivity index is 1.98. The molecular weight excluding hydrogens is 416 g/mol. The van der Waals surface area contributed by atoms with E-state index in [4.69, 9.17) is 14.2 Å². The summed E-state index contributed by atoms with van der Waals surface area (Å²) in [5.41, 5.74) is 4.84. The lowest BCUT2D eigenvalue weighted by molar-refractivity contribution is -0.123. The van der Waals surface area contributed by atoms with Gasteiger partial charge in [0.25, 0.3) is 5.91 Å². The Labute approximate surface area is 166 Å². The van der Waals surface area contributed by atoms with Crippen LogP contribution in [-0.2, 0) is 4.79 Å². The van der Waals surface area contributed by atoms with Crippen molar-refractivity contribution in [3.63, 3.8) is 0 Å². The van der Waals surface area contributed by atoms with Gasteiger partial charge in [-0.15, -0.1) is 0 Å². The molecule has 2 rings (SSSR count). The van der Waals surface area contributed by atoms with Crippen LogP contribution < -0.4 is 19.6 Å². The number of halogens is 1. The van der Waals surface area contributed by atoms with E-state index in [1.54, 1.807) is 12.1 Å². The van der Waals surface area contributed by atoms with Crippen LogP contribution in [0.25, 0.3) is 0 Å². The number of aryl methyl sites for hydroxylation is 2. The van der Waals surface area contributed by atoms with Gasteiger partial charge in [0.15, 0.2) is 18.1 Å². The van der Waals surface area contributed by atoms with Gasteiger partial charge < -0.3 is 19.3 Å². The van der Waals surface area contributed by atoms with Crippen molar-refractivity contribution in [3.05, 3.63) is 45.4 Å². The summed E-state index contributed by atoms with van der Waals surface area (Å²) in [6.07, 6.45) is 1.42. The Morgan fingerprint density at radius 2 is 1.70 bits per heavy atom. The SMILES string of the molecule is COc1cc(/C=N/NC(=O)COc2c(C)cc(Br)cc2C)cc(OC)c1O. The fourth-order valence-corrected chi connectivity index (χ4v) is 3.15. The summed E-state index contributed by atoms with van der Waals surface area (Å²) in [4.78, 5) is 11.9. The van der Waals surface area contributed by atoms with E-state index in [2.05, 4.69) is 26.5 Å². The van der Waals surface area contributed by atoms with Gasteiger partial charge in [0.05, 0.1) is 20.4 Å². The van der Waals surface area contributed by atoms with E-state index in [1.165, 1.54) is 20.4 Å². The first kappa shape index (κ1) is 20.6. The van der Waals surface area contributed by atoms with E-state index in [0.29, 0.717) is 11.3 Å². The Kier molecular flexibility index (Phi) is 7.06. The number of aromatic hydroxyl groups is 1. The van der Waals surface area contributed by atoms with Crippen molar-refractivity contribution in [2.45, 2.75) is 13.8 Å². The number of rotatable bonds is 7. The van der Waals surface area contributed by atoms with Gasteiger partial charge in [-0.05, 0) is 49.2 Å². The molecule has 8 heteroatoms. The summed E-state index contributed by atoms with van der Waals surface area (Å²) in [7, 11) is 2.86. The molecule has 27 heavy (non-hydrogen) atoms. The molecule has 0 aliphatic carbocycles. The number of amides is 1. The molecule has 0 spiro atoms. The van der Waals surface area contributed by atoms with Gasteiger partial charge in [-0.3, -0.25) is 4.79 Å². The molecular formula is C19H21BrN2O5. The van der Waals surface area contributed by atoms with Crippen molar-refractivity contribution in [1.82, 2.24) is 5.43 Å². The van der Waals surface area contributed by atoms with Gasteiger partial charge in [-0.1, -0.05) is 15.9 Å². The van der Waals surface area contributed by atoms with E-state index >= 15 is 0 Å². The zero-order valence-corrected chi connectivity index (χ0v) is 17.1. The first-order valence-corrected chi connectivity index (χ1v) is 8.81. The number of nitrogens with zero attached hydrogens (tertiary/aromatic N) is 1. The second-order valence-corrected chi connectivity index (χ2v) is 6.64. The van der Waals surface area contributed by atoms with Crippen molar-refractivity contribution in [2.24, 2.45) is 5.10 Å². The Morgan fingerprint density at radius 3 is 2.22 bits per heavy atom. The average molecular weight is 437 g/mol. The molecule has 2 aromatic rings. The molecule has 0 unspecified atom stereocenters. The van der Waals surface area contributed by atoms with Crippen LogP contribution in [0.1, 0.15) is 16.7 Å². The van der Waals surface area contributed by atoms with Gasteiger partial charge in [0.1, 0.15) is 5.75 Å². The number of carbonyl (C=O) groups excluding carboxylic acids is 1. The van der Waals surface area contributed by atoms with E-state index < -0.39 is 5.91 Å². The van der Waals surface area contributed by atoms with Crippen molar-refractivity contribution < 1.29 is 24.1 Å². The van der Waals surface area contributed by atoms with Crippen LogP contribution in [0, 0.1) is 13.8 Å². The lowest BCUT2D eigenvalue weighted by Crippen LogP contribution is -2.25. The molecule has 0 aromatic heterocycles. The number of benzene rings is 2. The summed E-state index contributed by atoms with van der Waals surface area (Å²) in [5.74, 6) is 0.657. The van der Waals surface area contributed by atoms with Gasteiger partial charge in [-0.25, -0.2) is 5.43 Å². The second-order valence-electron chi connectivity index (χ2n) is 5.72. The van der Waals surface area contributed by atoms with Gasteiger partial charge in [-0.2, -0.15) is 5.10 Å². The first-order valence-electron chi connectivity index (χ1n) is 8.02. The molecule has 1 amide bonds. The van der Waals surface area contributed by atoms with E-state index in [9.17, 15) is 9.90 Å². The highest BCUT2D eigenvalue weighted by molar-refractivity contribution is 9.10. The van der Waals surface area contributed by atoms with Crippen molar-refractivity contribution >= 4 is 28.1 Å². The van der Waals surface area contributed by atoms with E-state index in [1.807, 2.05) is 26.0 Å². The summed E-state index contributed by atoms with van der Waals surface area (Å²) >= 11 is 3.42. The lowest BCUT2D eigenvalue weighted by atomic mass is 10.1. The van der Waals surface area contributed by atoms with Crippen LogP contribution in [0.15, 0.2) is 33.8 Å². The van der Waals surface area contributed by atoms with Crippen LogP contribution in [0.3, 0.4) is 0 Å². The molecule has 0 atom stereocenters. The van der Waals surface area contributed by atoms with Crippen LogP contribution in [0.2, 0.25) is 0 Å². The predicted octanol–water partition coefficient (Wildman–Crippen LogP) is 3.32. The zero-order chi connectivity index (χ0) is 20.0. The van der Waals surface area contributed by atoms with Crippen LogP contribution >= 0.6 is 15.9 Å². The zero-order valence-electron chi connectivity index (χ0n) is 15.5. The molecule has 0 aliphatic rings. The first-order chi connectivity index (χ1) is 12.8. The average Bonchev–Trinajstić information content (AvgIpc) is 2.61. The maximum Gasteiger partial charge on any atom is 0.277 e. The monoisotopic (exact) mass is 436 g/mol. The number of hydrazone groups is 1. The van der Waals surface area contributed by atoms with Gasteiger partial charge >= 0.3 is 0 Å². The maximum atomic E-state index is 11.9. The number of carbonyl (C=O) groups is 1. The molecule has 7 nitrogen and oxygen atoms in total. The second kappa shape index (κ2) is 9.27. The summed E-state index contributed by atoms with van der Waals surface area (Å²) in [5, 5.41) is 13.8. The number of nitrogens with one attached hydrogen (secondary N) is 1. The number of hydrogen-bond donors (Lipinski definition) is 2. The number of methoxy groups -OCH3 is 2. The number of phenols is 1. The molecule has 0 saturated carbocycles. The normalized spacial score (nSPS) is 10.7. The van der Waals surface area contributed by atoms with Gasteiger partial charge in [0.2, 0.25) is 5.75 Å². The fourth-order valence-electron chi connectivity index (χ4n) is 2.46. The highest BCUT2D eigenvalue weighted by Crippen LogP contribution is 2.36. The minimum atomic E-state index is -0.398. The molecule has 0 fully saturated rings. The Morgan fingerprint density at radius 1 is 1.15 bits per heavy atom. The quantitative estimate of drug-likeness (QED) is 0.513. The highest BCUT2D eigenvalue weighted by atomic mass is 79.9. The minimum Gasteiger partial charge on any atom is -0.502 e. The predicted molar refractivity (Wildman–Crippen MR) is 106 cm³/mol. The van der Waals surface area contributed by atoms with Crippen LogP contribution in [0.4, 0.5) is 0 Å². The topological polar surface area (TPSA) is 89.4 Å².